The lowest BCUT2D eigenvalue weighted by Gasteiger charge is -2.12. The van der Waals surface area contributed by atoms with Crippen molar-refractivity contribution >= 4 is 28.5 Å². The summed E-state index contributed by atoms with van der Waals surface area (Å²) >= 11 is 2.28. The van der Waals surface area contributed by atoms with Gasteiger partial charge in [0.05, 0.1) is 6.07 Å². The van der Waals surface area contributed by atoms with E-state index in [1.165, 1.54) is 9.13 Å². The predicted octanol–water partition coefficient (Wildman–Crippen LogP) is 2.64. The Morgan fingerprint density at radius 1 is 1.47 bits per heavy atom. The smallest absolute Gasteiger partial charge is 0.234 e. The van der Waals surface area contributed by atoms with Crippen LogP contribution in [0.1, 0.15) is 25.3 Å². The molecule has 1 rings (SSSR count). The van der Waals surface area contributed by atoms with Crippen LogP contribution in [0.5, 0.6) is 0 Å². The number of halogens is 1. The van der Waals surface area contributed by atoms with E-state index in [-0.39, 0.29) is 18.4 Å². The number of carbonyl (C=O) groups is 1. The molecule has 1 aromatic carbocycles. The van der Waals surface area contributed by atoms with Crippen molar-refractivity contribution in [3.8, 4) is 6.07 Å². The average molecular weight is 342 g/mol. The van der Waals surface area contributed by atoms with Gasteiger partial charge in [-0.1, -0.05) is 12.1 Å². The maximum atomic E-state index is 11.2. The summed E-state index contributed by atoms with van der Waals surface area (Å²) in [5.74, 6) is -0.192. The number of hydrogen-bond donors (Lipinski definition) is 1. The molecule has 17 heavy (non-hydrogen) atoms. The Balaban J connectivity index is 2.33. The van der Waals surface area contributed by atoms with Gasteiger partial charge in [-0.05, 0) is 60.1 Å². The molecule has 3 nitrogen and oxygen atoms in total. The number of benzene rings is 1. The zero-order valence-corrected chi connectivity index (χ0v) is 11.9. The van der Waals surface area contributed by atoms with Crippen LogP contribution in [-0.4, -0.2) is 11.9 Å². The summed E-state index contributed by atoms with van der Waals surface area (Å²) in [6.45, 7) is 1.96. The van der Waals surface area contributed by atoms with Crippen molar-refractivity contribution < 1.29 is 4.79 Å². The van der Waals surface area contributed by atoms with Gasteiger partial charge in [-0.3, -0.25) is 4.79 Å². The second kappa shape index (κ2) is 7.28. The topological polar surface area (TPSA) is 52.9 Å². The van der Waals surface area contributed by atoms with E-state index in [9.17, 15) is 4.79 Å². The first-order chi connectivity index (χ1) is 8.11. The first-order valence-corrected chi connectivity index (χ1v) is 6.60. The average Bonchev–Trinajstić information content (AvgIpc) is 2.28. The Kier molecular flexibility index (Phi) is 5.98. The zero-order valence-electron chi connectivity index (χ0n) is 9.74. The lowest BCUT2D eigenvalue weighted by molar-refractivity contribution is -0.120. The SMILES string of the molecule is C[C@@H](CCc1ccc(I)cc1)NC(=O)CC#N. The Hall–Kier alpha value is -1.09. The maximum Gasteiger partial charge on any atom is 0.234 e. The third kappa shape index (κ3) is 5.68. The van der Waals surface area contributed by atoms with Gasteiger partial charge in [0.1, 0.15) is 6.42 Å². The second-order valence-corrected chi connectivity index (χ2v) is 5.21. The van der Waals surface area contributed by atoms with E-state index >= 15 is 0 Å². The molecule has 1 atom stereocenters. The molecular weight excluding hydrogens is 327 g/mol. The van der Waals surface area contributed by atoms with Crippen molar-refractivity contribution in [2.75, 3.05) is 0 Å². The molecule has 0 bridgehead atoms. The van der Waals surface area contributed by atoms with Gasteiger partial charge in [-0.25, -0.2) is 0 Å². The highest BCUT2D eigenvalue weighted by atomic mass is 127. The van der Waals surface area contributed by atoms with Crippen LogP contribution in [0.3, 0.4) is 0 Å². The first kappa shape index (κ1) is 14.0. The Morgan fingerprint density at radius 3 is 2.71 bits per heavy atom. The van der Waals surface area contributed by atoms with Gasteiger partial charge in [0.15, 0.2) is 0 Å². The van der Waals surface area contributed by atoms with Crippen molar-refractivity contribution in [2.45, 2.75) is 32.2 Å². The molecule has 1 N–H and O–H groups in total. The lowest BCUT2D eigenvalue weighted by Crippen LogP contribution is -2.32. The van der Waals surface area contributed by atoms with Gasteiger partial charge in [0, 0.05) is 9.61 Å². The van der Waals surface area contributed by atoms with E-state index < -0.39 is 0 Å². The standard InChI is InChI=1S/C13H15IN2O/c1-10(16-13(17)8-9-15)2-3-11-4-6-12(14)7-5-11/h4-7,10H,2-3,8H2,1H3,(H,16,17)/t10-/m0/s1. The zero-order chi connectivity index (χ0) is 12.7. The molecule has 1 amide bonds. The number of aryl methyl sites for hydroxylation is 1. The summed E-state index contributed by atoms with van der Waals surface area (Å²) in [7, 11) is 0. The molecule has 0 fully saturated rings. The minimum absolute atomic E-state index is 0.0616. The molecule has 0 saturated heterocycles. The minimum atomic E-state index is -0.192. The molecule has 90 valence electrons. The number of carbonyl (C=O) groups excluding carboxylic acids is 1. The Labute approximate surface area is 115 Å². The van der Waals surface area contributed by atoms with E-state index in [1.54, 1.807) is 0 Å². The van der Waals surface area contributed by atoms with Gasteiger partial charge in [0.25, 0.3) is 0 Å². The molecule has 0 aromatic heterocycles. The molecular formula is C13H15IN2O. The lowest BCUT2D eigenvalue weighted by atomic mass is 10.1. The number of nitrogens with one attached hydrogen (secondary N) is 1. The summed E-state index contributed by atoms with van der Waals surface area (Å²) in [6, 6.07) is 10.3. The first-order valence-electron chi connectivity index (χ1n) is 5.52. The normalized spacial score (nSPS) is 11.6. The summed E-state index contributed by atoms with van der Waals surface area (Å²) in [4.78, 5) is 11.2. The molecule has 0 heterocycles. The molecule has 0 aliphatic rings. The molecule has 0 saturated carbocycles. The molecule has 1 aromatic rings. The number of nitrogens with zero attached hydrogens (tertiary/aromatic N) is 1. The van der Waals surface area contributed by atoms with Crippen LogP contribution in [0.2, 0.25) is 0 Å². The van der Waals surface area contributed by atoms with Crippen LogP contribution in [0.15, 0.2) is 24.3 Å². The van der Waals surface area contributed by atoms with Gasteiger partial charge < -0.3 is 5.32 Å². The fourth-order valence-corrected chi connectivity index (χ4v) is 1.86. The molecule has 0 aliphatic heterocycles. The number of nitriles is 1. The van der Waals surface area contributed by atoms with E-state index in [0.717, 1.165) is 12.8 Å². The van der Waals surface area contributed by atoms with E-state index in [1.807, 2.05) is 13.0 Å². The highest BCUT2D eigenvalue weighted by molar-refractivity contribution is 14.1. The second-order valence-electron chi connectivity index (χ2n) is 3.97. The van der Waals surface area contributed by atoms with E-state index in [4.69, 9.17) is 5.26 Å². The summed E-state index contributed by atoms with van der Waals surface area (Å²) in [5.41, 5.74) is 1.27. The largest absolute Gasteiger partial charge is 0.353 e. The van der Waals surface area contributed by atoms with Crippen LogP contribution < -0.4 is 5.32 Å². The summed E-state index contributed by atoms with van der Waals surface area (Å²) < 4.78 is 1.22. The van der Waals surface area contributed by atoms with Crippen LogP contribution in [0.25, 0.3) is 0 Å². The van der Waals surface area contributed by atoms with Crippen molar-refractivity contribution in [3.63, 3.8) is 0 Å². The van der Waals surface area contributed by atoms with Gasteiger partial charge in [0.2, 0.25) is 5.91 Å². The van der Waals surface area contributed by atoms with Crippen LogP contribution >= 0.6 is 22.6 Å². The van der Waals surface area contributed by atoms with Crippen LogP contribution in [0.4, 0.5) is 0 Å². The molecule has 4 heteroatoms. The van der Waals surface area contributed by atoms with Crippen molar-refractivity contribution in [1.82, 2.24) is 5.32 Å². The number of hydrogen-bond acceptors (Lipinski definition) is 2. The monoisotopic (exact) mass is 342 g/mol. The molecule has 0 radical (unpaired) electrons. The minimum Gasteiger partial charge on any atom is -0.353 e. The molecule has 0 unspecified atom stereocenters. The fraction of sp³-hybridized carbons (Fsp3) is 0.385. The Morgan fingerprint density at radius 2 is 2.12 bits per heavy atom. The van der Waals surface area contributed by atoms with E-state index in [0.29, 0.717) is 0 Å². The molecule has 0 spiro atoms. The summed E-state index contributed by atoms with van der Waals surface area (Å²) in [5, 5.41) is 11.2. The van der Waals surface area contributed by atoms with Gasteiger partial charge >= 0.3 is 0 Å². The van der Waals surface area contributed by atoms with Crippen molar-refractivity contribution in [1.29, 1.82) is 5.26 Å². The van der Waals surface area contributed by atoms with Crippen molar-refractivity contribution in [2.24, 2.45) is 0 Å². The highest BCUT2D eigenvalue weighted by Gasteiger charge is 2.06. The quantitative estimate of drug-likeness (QED) is 0.837. The van der Waals surface area contributed by atoms with Gasteiger partial charge in [-0.2, -0.15) is 5.26 Å². The predicted molar refractivity (Wildman–Crippen MR) is 75.3 cm³/mol. The highest BCUT2D eigenvalue weighted by Crippen LogP contribution is 2.09. The van der Waals surface area contributed by atoms with Crippen molar-refractivity contribution in [3.05, 3.63) is 33.4 Å². The van der Waals surface area contributed by atoms with Gasteiger partial charge in [-0.15, -0.1) is 0 Å². The Bertz CT molecular complexity index is 408. The van der Waals surface area contributed by atoms with E-state index in [2.05, 4.69) is 52.2 Å². The van der Waals surface area contributed by atoms with Crippen LogP contribution in [0, 0.1) is 14.9 Å². The number of amides is 1. The fourth-order valence-electron chi connectivity index (χ4n) is 1.50. The number of rotatable bonds is 5. The van der Waals surface area contributed by atoms with Crippen LogP contribution in [-0.2, 0) is 11.2 Å². The third-order valence-electron chi connectivity index (χ3n) is 2.43. The molecule has 0 aliphatic carbocycles. The third-order valence-corrected chi connectivity index (χ3v) is 3.15. The summed E-state index contributed by atoms with van der Waals surface area (Å²) in [6.07, 6.45) is 1.76. The maximum absolute atomic E-state index is 11.2.